The molecule has 2 N–H and O–H groups in total. The van der Waals surface area contributed by atoms with Gasteiger partial charge in [0, 0.05) is 59.0 Å². The first kappa shape index (κ1) is 16.1. The number of nitrogens with zero attached hydrogens (tertiary/aromatic N) is 4. The predicted octanol–water partition coefficient (Wildman–Crippen LogP) is 3.64. The first-order valence-electron chi connectivity index (χ1n) is 9.90. The summed E-state index contributed by atoms with van der Waals surface area (Å²) in [6.07, 6.45) is 14.5. The second-order valence-corrected chi connectivity index (χ2v) is 8.18. The Morgan fingerprint density at radius 1 is 1.18 bits per heavy atom. The van der Waals surface area contributed by atoms with Crippen LogP contribution in [0.5, 0.6) is 0 Å². The van der Waals surface area contributed by atoms with Gasteiger partial charge in [-0.3, -0.25) is 0 Å². The fraction of sp³-hybridized carbons (Fsp3) is 0.381. The van der Waals surface area contributed by atoms with E-state index in [0.717, 1.165) is 53.9 Å². The molecule has 1 saturated heterocycles. The van der Waals surface area contributed by atoms with Crippen LogP contribution in [0, 0.1) is 5.41 Å². The minimum absolute atomic E-state index is 0.446. The van der Waals surface area contributed by atoms with Gasteiger partial charge in [-0.1, -0.05) is 0 Å². The predicted molar refractivity (Wildman–Crippen MR) is 107 cm³/mol. The summed E-state index contributed by atoms with van der Waals surface area (Å²) >= 11 is 0. The van der Waals surface area contributed by atoms with E-state index in [4.69, 9.17) is 9.72 Å². The Morgan fingerprint density at radius 3 is 2.89 bits per heavy atom. The van der Waals surface area contributed by atoms with E-state index >= 15 is 0 Å². The molecule has 0 unspecified atom stereocenters. The van der Waals surface area contributed by atoms with Gasteiger partial charge in [0.2, 0.25) is 5.95 Å². The van der Waals surface area contributed by atoms with Gasteiger partial charge in [0.15, 0.2) is 0 Å². The first-order chi connectivity index (χ1) is 13.8. The van der Waals surface area contributed by atoms with E-state index in [0.29, 0.717) is 17.4 Å². The van der Waals surface area contributed by atoms with Crippen LogP contribution in [0.2, 0.25) is 0 Å². The smallest absolute Gasteiger partial charge is 0.224 e. The Morgan fingerprint density at radius 2 is 2.07 bits per heavy atom. The van der Waals surface area contributed by atoms with Crippen molar-refractivity contribution in [2.75, 3.05) is 18.5 Å². The van der Waals surface area contributed by atoms with Gasteiger partial charge in [0.05, 0.1) is 13.2 Å². The van der Waals surface area contributed by atoms with Crippen LogP contribution in [0.15, 0.2) is 43.1 Å². The van der Waals surface area contributed by atoms with Crippen LogP contribution in [-0.2, 0) is 4.74 Å². The molecule has 7 nitrogen and oxygen atoms in total. The van der Waals surface area contributed by atoms with Gasteiger partial charge in [-0.25, -0.2) is 9.97 Å². The lowest BCUT2D eigenvalue weighted by molar-refractivity contribution is -0.131. The van der Waals surface area contributed by atoms with Gasteiger partial charge in [-0.15, -0.1) is 0 Å². The summed E-state index contributed by atoms with van der Waals surface area (Å²) in [4.78, 5) is 16.9. The van der Waals surface area contributed by atoms with Crippen molar-refractivity contribution < 1.29 is 4.74 Å². The number of nitrogens with one attached hydrogen (secondary N) is 2. The highest BCUT2D eigenvalue weighted by Gasteiger charge is 2.41. The molecule has 2 aliphatic rings. The van der Waals surface area contributed by atoms with Crippen molar-refractivity contribution in [3.05, 3.63) is 43.1 Å². The molecular formula is C21H22N6O. The van der Waals surface area contributed by atoms with Crippen LogP contribution in [0.25, 0.3) is 27.8 Å². The zero-order chi connectivity index (χ0) is 18.6. The van der Waals surface area contributed by atoms with Crippen molar-refractivity contribution >= 4 is 22.6 Å². The number of hydrogen-bond donors (Lipinski definition) is 2. The van der Waals surface area contributed by atoms with E-state index in [9.17, 15) is 0 Å². The minimum Gasteiger partial charge on any atom is -0.380 e. The highest BCUT2D eigenvalue weighted by atomic mass is 16.5. The maximum atomic E-state index is 5.42. The molecule has 4 aromatic heterocycles. The molecule has 2 fully saturated rings. The second kappa shape index (κ2) is 6.04. The lowest BCUT2D eigenvalue weighted by Crippen LogP contribution is -2.47. The molecule has 1 aliphatic carbocycles. The third-order valence-corrected chi connectivity index (χ3v) is 6.33. The number of pyridine rings is 1. The van der Waals surface area contributed by atoms with Gasteiger partial charge in [0.25, 0.3) is 0 Å². The number of ether oxygens (including phenoxy) is 1. The summed E-state index contributed by atoms with van der Waals surface area (Å²) in [6, 6.07) is 4.55. The summed E-state index contributed by atoms with van der Waals surface area (Å²) in [5.74, 6) is 0.705. The Kier molecular flexibility index (Phi) is 3.46. The van der Waals surface area contributed by atoms with E-state index in [1.54, 1.807) is 6.20 Å². The number of anilines is 1. The fourth-order valence-corrected chi connectivity index (χ4v) is 4.53. The lowest BCUT2D eigenvalue weighted by atomic mass is 9.71. The monoisotopic (exact) mass is 374 g/mol. The van der Waals surface area contributed by atoms with Crippen molar-refractivity contribution in [3.63, 3.8) is 0 Å². The first-order valence-corrected chi connectivity index (χ1v) is 9.90. The number of hydrogen-bond acceptors (Lipinski definition) is 5. The molecule has 1 spiro atoms. The summed E-state index contributed by atoms with van der Waals surface area (Å²) in [5, 5.41) is 4.56. The van der Waals surface area contributed by atoms with Gasteiger partial charge in [0.1, 0.15) is 11.3 Å². The Hall–Kier alpha value is -2.93. The Balaban J connectivity index is 1.24. The molecule has 1 saturated carbocycles. The molecule has 28 heavy (non-hydrogen) atoms. The van der Waals surface area contributed by atoms with Crippen molar-refractivity contribution in [3.8, 4) is 11.1 Å². The summed E-state index contributed by atoms with van der Waals surface area (Å²) in [5.41, 5.74) is 4.48. The van der Waals surface area contributed by atoms with E-state index in [1.165, 1.54) is 12.8 Å². The van der Waals surface area contributed by atoms with Gasteiger partial charge in [-0.2, -0.15) is 4.98 Å². The van der Waals surface area contributed by atoms with Gasteiger partial charge >= 0.3 is 0 Å². The molecule has 4 aromatic rings. The van der Waals surface area contributed by atoms with Crippen molar-refractivity contribution in [1.82, 2.24) is 24.3 Å². The quantitative estimate of drug-likeness (QED) is 0.572. The number of aromatic amines is 1. The summed E-state index contributed by atoms with van der Waals surface area (Å²) in [6.45, 7) is 1.89. The highest BCUT2D eigenvalue weighted by molar-refractivity contribution is 5.93. The van der Waals surface area contributed by atoms with E-state index in [2.05, 4.69) is 32.5 Å². The van der Waals surface area contributed by atoms with Gasteiger partial charge in [-0.05, 0) is 37.8 Å². The second-order valence-electron chi connectivity index (χ2n) is 8.18. The van der Waals surface area contributed by atoms with Gasteiger partial charge < -0.3 is 19.4 Å². The summed E-state index contributed by atoms with van der Waals surface area (Å²) in [7, 11) is 0. The maximum absolute atomic E-state index is 5.42. The standard InChI is InChI=1S/C21H22N6O/c1-2-18-22-7-8-27(18)11-14(1)16-9-23-19-17(16)10-24-20(26-19)25-15-3-5-21(6-4-15)12-28-13-21/h1-2,7-11,15H,3-6,12-13H2,(H2,23,24,25,26). The molecule has 6 rings (SSSR count). The lowest BCUT2D eigenvalue weighted by Gasteiger charge is -2.46. The molecule has 142 valence electrons. The Labute approximate surface area is 162 Å². The van der Waals surface area contributed by atoms with E-state index in [1.807, 2.05) is 29.1 Å². The third kappa shape index (κ3) is 2.57. The number of H-pyrrole nitrogens is 1. The zero-order valence-electron chi connectivity index (χ0n) is 15.6. The molecule has 1 aliphatic heterocycles. The maximum Gasteiger partial charge on any atom is 0.224 e. The van der Waals surface area contributed by atoms with Crippen LogP contribution in [0.4, 0.5) is 5.95 Å². The number of fused-ring (bicyclic) bond motifs is 2. The van der Waals surface area contributed by atoms with Crippen molar-refractivity contribution in [1.29, 1.82) is 0 Å². The highest BCUT2D eigenvalue weighted by Crippen LogP contribution is 2.42. The average molecular weight is 374 g/mol. The topological polar surface area (TPSA) is 80.1 Å². The van der Waals surface area contributed by atoms with Crippen LogP contribution < -0.4 is 5.32 Å². The molecule has 0 radical (unpaired) electrons. The van der Waals surface area contributed by atoms with Crippen molar-refractivity contribution in [2.45, 2.75) is 31.7 Å². The fourth-order valence-electron chi connectivity index (χ4n) is 4.53. The Bertz CT molecular complexity index is 1150. The molecule has 5 heterocycles. The van der Waals surface area contributed by atoms with Crippen molar-refractivity contribution in [2.24, 2.45) is 5.41 Å². The van der Waals surface area contributed by atoms with E-state index < -0.39 is 0 Å². The summed E-state index contributed by atoms with van der Waals surface area (Å²) < 4.78 is 7.44. The van der Waals surface area contributed by atoms with E-state index in [-0.39, 0.29) is 0 Å². The molecule has 7 heteroatoms. The van der Waals surface area contributed by atoms with Crippen LogP contribution >= 0.6 is 0 Å². The molecule has 0 atom stereocenters. The largest absolute Gasteiger partial charge is 0.380 e. The number of rotatable bonds is 3. The normalized spacial score (nSPS) is 19.3. The SMILES string of the molecule is c1cn2cc(-c3c[nH]c4nc(NC5CCC6(CC5)COC6)ncc34)ccc2n1. The molecule has 0 amide bonds. The zero-order valence-corrected chi connectivity index (χ0v) is 15.6. The molecular weight excluding hydrogens is 352 g/mol. The average Bonchev–Trinajstić information content (AvgIpc) is 3.33. The van der Waals surface area contributed by atoms with Crippen LogP contribution in [0.3, 0.4) is 0 Å². The third-order valence-electron chi connectivity index (χ3n) is 6.33. The number of imidazole rings is 1. The van der Waals surface area contributed by atoms with Crippen LogP contribution in [0.1, 0.15) is 25.7 Å². The number of aromatic nitrogens is 5. The molecule has 0 aromatic carbocycles. The minimum atomic E-state index is 0.446. The molecule has 0 bridgehead atoms. The van der Waals surface area contributed by atoms with Crippen LogP contribution in [-0.4, -0.2) is 43.6 Å².